The first-order chi connectivity index (χ1) is 9.68. The van der Waals surface area contributed by atoms with E-state index in [1.54, 1.807) is 0 Å². The topological polar surface area (TPSA) is 23.6 Å². The predicted octanol–water partition coefficient (Wildman–Crippen LogP) is 3.30. The van der Waals surface area contributed by atoms with Gasteiger partial charge in [-0.1, -0.05) is 48.5 Å². The van der Waals surface area contributed by atoms with Crippen molar-refractivity contribution >= 4 is 11.5 Å². The number of hydrazine groups is 1. The monoisotopic (exact) mass is 266 g/mol. The number of hydrogen-bond acceptors (Lipinski definition) is 3. The number of fused-ring (bicyclic) bond motifs is 1. The summed E-state index contributed by atoms with van der Waals surface area (Å²) in [5, 5.41) is 4.24. The first-order valence-electron chi connectivity index (χ1n) is 6.82. The van der Waals surface area contributed by atoms with E-state index in [0.29, 0.717) is 6.42 Å². The van der Waals surface area contributed by atoms with Crippen molar-refractivity contribution in [3.8, 4) is 0 Å². The van der Waals surface area contributed by atoms with Gasteiger partial charge in [0.1, 0.15) is 0 Å². The number of para-hydroxylation sites is 1. The molecule has 0 saturated heterocycles. The average Bonchev–Trinajstić information content (AvgIpc) is 2.74. The fraction of sp³-hybridized carbons (Fsp3) is 0.235. The second kappa shape index (κ2) is 5.10. The molecule has 0 aliphatic carbocycles. The second-order valence-corrected chi connectivity index (χ2v) is 5.17. The molecule has 1 unspecified atom stereocenters. The molecule has 1 aliphatic rings. The molecule has 0 spiro atoms. The summed E-state index contributed by atoms with van der Waals surface area (Å²) >= 11 is 0. The summed E-state index contributed by atoms with van der Waals surface area (Å²) in [5.74, 6) is 0.188. The van der Waals surface area contributed by atoms with Gasteiger partial charge in [0.15, 0.2) is 5.78 Å². The van der Waals surface area contributed by atoms with Crippen molar-refractivity contribution in [1.29, 1.82) is 0 Å². The standard InChI is InChI=1S/C17H18N2O/c1-18-15-11-7-6-10-14(15)16(19(18)2)12-17(20)13-8-4-3-5-9-13/h3-11,16H,12H2,1-2H3. The minimum absolute atomic E-state index is 0.115. The van der Waals surface area contributed by atoms with E-state index < -0.39 is 0 Å². The van der Waals surface area contributed by atoms with Gasteiger partial charge in [-0.3, -0.25) is 4.79 Å². The van der Waals surface area contributed by atoms with Gasteiger partial charge in [-0.25, -0.2) is 5.01 Å². The molecule has 3 rings (SSSR count). The molecular formula is C17H18N2O. The number of carbonyl (C=O) groups is 1. The number of anilines is 1. The van der Waals surface area contributed by atoms with E-state index >= 15 is 0 Å². The Morgan fingerprint density at radius 1 is 1.00 bits per heavy atom. The van der Waals surface area contributed by atoms with Gasteiger partial charge in [-0.2, -0.15) is 0 Å². The van der Waals surface area contributed by atoms with Crippen molar-refractivity contribution in [1.82, 2.24) is 5.01 Å². The van der Waals surface area contributed by atoms with Gasteiger partial charge in [-0.05, 0) is 11.6 Å². The van der Waals surface area contributed by atoms with Crippen LogP contribution in [-0.4, -0.2) is 24.9 Å². The summed E-state index contributed by atoms with van der Waals surface area (Å²) in [4.78, 5) is 12.4. The van der Waals surface area contributed by atoms with Gasteiger partial charge in [0.05, 0.1) is 11.7 Å². The highest BCUT2D eigenvalue weighted by Gasteiger charge is 2.32. The number of Topliss-reactive ketones (excluding diaryl/α,β-unsaturated/α-hetero) is 1. The largest absolute Gasteiger partial charge is 0.308 e. The minimum atomic E-state index is 0.115. The maximum Gasteiger partial charge on any atom is 0.164 e. The Hall–Kier alpha value is -2.13. The second-order valence-electron chi connectivity index (χ2n) is 5.17. The molecule has 0 radical (unpaired) electrons. The summed E-state index contributed by atoms with van der Waals surface area (Å²) in [6.45, 7) is 0. The van der Waals surface area contributed by atoms with Crippen molar-refractivity contribution in [2.24, 2.45) is 0 Å². The van der Waals surface area contributed by atoms with Crippen molar-refractivity contribution in [2.75, 3.05) is 19.1 Å². The van der Waals surface area contributed by atoms with Gasteiger partial charge >= 0.3 is 0 Å². The first-order valence-corrected chi connectivity index (χ1v) is 6.82. The van der Waals surface area contributed by atoms with Crippen LogP contribution in [0.5, 0.6) is 0 Å². The maximum atomic E-state index is 12.4. The van der Waals surface area contributed by atoms with E-state index in [2.05, 4.69) is 22.2 Å². The average molecular weight is 266 g/mol. The molecule has 0 bridgehead atoms. The van der Waals surface area contributed by atoms with Crippen molar-refractivity contribution in [2.45, 2.75) is 12.5 Å². The molecule has 0 aromatic heterocycles. The molecule has 0 fully saturated rings. The third kappa shape index (κ3) is 2.10. The summed E-state index contributed by atoms with van der Waals surface area (Å²) < 4.78 is 0. The highest BCUT2D eigenvalue weighted by Crippen LogP contribution is 2.39. The lowest BCUT2D eigenvalue weighted by Crippen LogP contribution is -2.33. The van der Waals surface area contributed by atoms with Crippen molar-refractivity contribution in [3.05, 3.63) is 65.7 Å². The molecule has 1 heterocycles. The highest BCUT2D eigenvalue weighted by atomic mass is 16.1. The summed E-state index contributed by atoms with van der Waals surface area (Å²) in [5.41, 5.74) is 3.19. The number of ketones is 1. The third-order valence-electron chi connectivity index (χ3n) is 4.04. The first kappa shape index (κ1) is 12.9. The molecule has 0 saturated carbocycles. The maximum absolute atomic E-state index is 12.4. The number of rotatable bonds is 3. The lowest BCUT2D eigenvalue weighted by atomic mass is 9.98. The Morgan fingerprint density at radius 3 is 2.40 bits per heavy atom. The SMILES string of the molecule is CN1c2ccccc2C(CC(=O)c2ccccc2)N1C. The van der Waals surface area contributed by atoms with Crippen LogP contribution in [0, 0.1) is 0 Å². The van der Waals surface area contributed by atoms with E-state index in [-0.39, 0.29) is 11.8 Å². The molecule has 2 aromatic carbocycles. The molecule has 102 valence electrons. The van der Waals surface area contributed by atoms with Crippen LogP contribution in [0.3, 0.4) is 0 Å². The number of benzene rings is 2. The molecule has 2 aromatic rings. The van der Waals surface area contributed by atoms with Gasteiger partial charge in [0, 0.05) is 26.1 Å². The Labute approximate surface area is 119 Å². The lowest BCUT2D eigenvalue weighted by molar-refractivity contribution is 0.0940. The number of nitrogens with zero attached hydrogens (tertiary/aromatic N) is 2. The lowest BCUT2D eigenvalue weighted by Gasteiger charge is -2.26. The van der Waals surface area contributed by atoms with E-state index in [0.717, 1.165) is 5.56 Å². The Bertz CT molecular complexity index is 624. The smallest absolute Gasteiger partial charge is 0.164 e. The van der Waals surface area contributed by atoms with E-state index in [4.69, 9.17) is 0 Å². The van der Waals surface area contributed by atoms with Crippen LogP contribution in [-0.2, 0) is 0 Å². The van der Waals surface area contributed by atoms with Gasteiger partial charge in [-0.15, -0.1) is 0 Å². The molecule has 3 heteroatoms. The van der Waals surface area contributed by atoms with Crippen LogP contribution in [0.15, 0.2) is 54.6 Å². The predicted molar refractivity (Wildman–Crippen MR) is 80.7 cm³/mol. The van der Waals surface area contributed by atoms with Crippen LogP contribution >= 0.6 is 0 Å². The third-order valence-corrected chi connectivity index (χ3v) is 4.04. The van der Waals surface area contributed by atoms with E-state index in [1.165, 1.54) is 11.3 Å². The zero-order valence-corrected chi connectivity index (χ0v) is 11.8. The van der Waals surface area contributed by atoms with Crippen LogP contribution in [0.1, 0.15) is 28.4 Å². The quantitative estimate of drug-likeness (QED) is 0.796. The van der Waals surface area contributed by atoms with E-state index in [9.17, 15) is 4.79 Å². The number of carbonyl (C=O) groups excluding carboxylic acids is 1. The molecule has 0 amide bonds. The minimum Gasteiger partial charge on any atom is -0.308 e. The normalized spacial score (nSPS) is 18.1. The molecule has 1 aliphatic heterocycles. The van der Waals surface area contributed by atoms with Gasteiger partial charge in [0.25, 0.3) is 0 Å². The van der Waals surface area contributed by atoms with Gasteiger partial charge in [0.2, 0.25) is 0 Å². The van der Waals surface area contributed by atoms with Crippen molar-refractivity contribution < 1.29 is 4.79 Å². The molecule has 20 heavy (non-hydrogen) atoms. The van der Waals surface area contributed by atoms with Gasteiger partial charge < -0.3 is 5.01 Å². The summed E-state index contributed by atoms with van der Waals surface area (Å²) in [6.07, 6.45) is 0.502. The van der Waals surface area contributed by atoms with Crippen LogP contribution in [0.4, 0.5) is 5.69 Å². The fourth-order valence-electron chi connectivity index (χ4n) is 2.80. The van der Waals surface area contributed by atoms with Crippen LogP contribution < -0.4 is 5.01 Å². The zero-order valence-electron chi connectivity index (χ0n) is 11.8. The Morgan fingerprint density at radius 2 is 1.65 bits per heavy atom. The Kier molecular flexibility index (Phi) is 3.28. The molecular weight excluding hydrogens is 248 g/mol. The van der Waals surface area contributed by atoms with E-state index in [1.807, 2.05) is 56.6 Å². The molecule has 3 nitrogen and oxygen atoms in total. The van der Waals surface area contributed by atoms with Crippen LogP contribution in [0.2, 0.25) is 0 Å². The summed E-state index contributed by atoms with van der Waals surface area (Å²) in [6, 6.07) is 17.9. The Balaban J connectivity index is 1.87. The van der Waals surface area contributed by atoms with Crippen LogP contribution in [0.25, 0.3) is 0 Å². The van der Waals surface area contributed by atoms with Crippen molar-refractivity contribution in [3.63, 3.8) is 0 Å². The zero-order chi connectivity index (χ0) is 14.1. The number of hydrogen-bond donors (Lipinski definition) is 0. The fourth-order valence-corrected chi connectivity index (χ4v) is 2.80. The molecule has 0 N–H and O–H groups in total. The summed E-state index contributed by atoms with van der Waals surface area (Å²) in [7, 11) is 4.06. The highest BCUT2D eigenvalue weighted by molar-refractivity contribution is 5.96. The molecule has 1 atom stereocenters.